The number of nitrogens with two attached hydrogens (primary N) is 3. The molecule has 0 radical (unpaired) electrons. The molecule has 31 atom stereocenters. The Kier molecular flexibility index (Phi) is 14.3. The first kappa shape index (κ1) is 53.2. The average Bonchev–Trinajstić information content (AvgIpc) is 4.07. The highest BCUT2D eigenvalue weighted by Gasteiger charge is 2.65. The van der Waals surface area contributed by atoms with E-state index in [1.165, 1.54) is 0 Å². The maximum atomic E-state index is 14.4. The molecule has 19 unspecified atom stereocenters. The Morgan fingerprint density at radius 3 is 2.16 bits per heavy atom. The van der Waals surface area contributed by atoms with E-state index >= 15 is 0 Å². The molecule has 0 saturated carbocycles. The summed E-state index contributed by atoms with van der Waals surface area (Å²) in [5.41, 5.74) is 22.3. The predicted octanol–water partition coefficient (Wildman–Crippen LogP) is -0.896. The molecular weight excluding hydrogens is 995 g/mol. The van der Waals surface area contributed by atoms with Gasteiger partial charge in [0.15, 0.2) is 11.6 Å². The first-order valence-electron chi connectivity index (χ1n) is 28.4. The quantitative estimate of drug-likeness (QED) is 0.0940. The van der Waals surface area contributed by atoms with Gasteiger partial charge < -0.3 is 104 Å². The topological polar surface area (TPSA) is 324 Å². The highest BCUT2D eigenvalue weighted by Crippen LogP contribution is 2.56. The lowest BCUT2D eigenvalue weighted by Crippen LogP contribution is -2.69. The van der Waals surface area contributed by atoms with Crippen LogP contribution in [0.1, 0.15) is 103 Å². The Morgan fingerprint density at radius 2 is 1.34 bits per heavy atom. The average molecular weight is 1070 g/mol. The zero-order valence-corrected chi connectivity index (χ0v) is 42.9. The molecule has 0 aromatic rings. The van der Waals surface area contributed by atoms with Crippen LogP contribution in [0, 0.1) is 17.8 Å². The van der Waals surface area contributed by atoms with Crippen molar-refractivity contribution in [2.24, 2.45) is 35.0 Å². The summed E-state index contributed by atoms with van der Waals surface area (Å²) in [7, 11) is 0. The number of rotatable bonds is 5. The highest BCUT2D eigenvalue weighted by atomic mass is 16.7. The summed E-state index contributed by atoms with van der Waals surface area (Å²) in [4.78, 5) is 27.6. The van der Waals surface area contributed by atoms with Crippen molar-refractivity contribution in [1.29, 1.82) is 0 Å². The van der Waals surface area contributed by atoms with Crippen LogP contribution >= 0.6 is 0 Å². The molecule has 13 fully saturated rings. The fourth-order valence-corrected chi connectivity index (χ4v) is 16.4. The summed E-state index contributed by atoms with van der Waals surface area (Å²) in [5.74, 6) is -4.78. The number of esters is 1. The van der Waals surface area contributed by atoms with E-state index in [0.29, 0.717) is 51.2 Å². The van der Waals surface area contributed by atoms with Gasteiger partial charge in [-0.05, 0) is 68.4 Å². The molecular formula is C54H79N3O19. The molecule has 13 aliphatic heterocycles. The number of carbonyl (C=O) groups excluding carboxylic acids is 2. The van der Waals surface area contributed by atoms with Crippen molar-refractivity contribution in [3.63, 3.8) is 0 Å². The zero-order chi connectivity index (χ0) is 52.7. The maximum Gasteiger partial charge on any atom is 0.308 e. The molecule has 22 nitrogen and oxygen atoms in total. The van der Waals surface area contributed by atoms with Crippen LogP contribution in [0.4, 0.5) is 0 Å². The predicted molar refractivity (Wildman–Crippen MR) is 259 cm³/mol. The summed E-state index contributed by atoms with van der Waals surface area (Å²) in [6, 6.07) is -2.49. The van der Waals surface area contributed by atoms with Gasteiger partial charge in [0.25, 0.3) is 0 Å². The van der Waals surface area contributed by atoms with Crippen LogP contribution in [-0.2, 0) is 66.4 Å². The molecule has 0 amide bonds. The first-order chi connectivity index (χ1) is 36.5. The summed E-state index contributed by atoms with van der Waals surface area (Å²) in [6.07, 6.45) is -10.4. The van der Waals surface area contributed by atoms with E-state index in [2.05, 4.69) is 6.58 Å². The van der Waals surface area contributed by atoms with E-state index in [9.17, 15) is 35.1 Å². The lowest BCUT2D eigenvalue weighted by molar-refractivity contribution is -0.366. The smallest absolute Gasteiger partial charge is 0.308 e. The van der Waals surface area contributed by atoms with E-state index < -0.39 is 158 Å². The van der Waals surface area contributed by atoms with Crippen LogP contribution in [0.25, 0.3) is 0 Å². The van der Waals surface area contributed by atoms with Crippen molar-refractivity contribution in [3.05, 3.63) is 24.3 Å². The third-order valence-electron chi connectivity index (χ3n) is 20.0. The Bertz CT molecular complexity index is 2220. The van der Waals surface area contributed by atoms with Gasteiger partial charge in [-0.2, -0.15) is 0 Å². The number of hydrogen-bond donors (Lipinski definition) is 8. The molecule has 13 saturated heterocycles. The van der Waals surface area contributed by atoms with Crippen LogP contribution in [0.2, 0.25) is 0 Å². The van der Waals surface area contributed by atoms with Crippen molar-refractivity contribution in [3.8, 4) is 0 Å². The molecule has 0 aromatic carbocycles. The largest absolute Gasteiger partial charge is 0.458 e. The van der Waals surface area contributed by atoms with Gasteiger partial charge in [-0.25, -0.2) is 0 Å². The second kappa shape index (κ2) is 20.4. The molecule has 0 aliphatic carbocycles. The minimum Gasteiger partial charge on any atom is -0.458 e. The second-order valence-corrected chi connectivity index (χ2v) is 24.9. The van der Waals surface area contributed by atoms with Gasteiger partial charge in [-0.3, -0.25) is 4.79 Å². The van der Waals surface area contributed by atoms with Crippen LogP contribution in [0.15, 0.2) is 24.3 Å². The normalized spacial score (nSPS) is 56.2. The Hall–Kier alpha value is -2.14. The fourth-order valence-electron chi connectivity index (χ4n) is 16.4. The van der Waals surface area contributed by atoms with E-state index in [1.807, 2.05) is 0 Å². The number of carbonyl (C=O) groups is 2. The minimum atomic E-state index is -1.39. The fraction of sp³-hybridized carbons (Fsp3) is 0.889. The van der Waals surface area contributed by atoms with Crippen molar-refractivity contribution >= 4 is 12.3 Å². The number of aliphatic hydroxyl groups is 5. The standard InChI is InChI=1S/C54H79N3O19/c1-21-7-26-10-28-27-9-24(3-5-34(21)66-26)65-36(22(27)2)14-40-51(71-44(63)11-25-4-6-35-50(67-25)42-15-39(68-35)49-33(62)18-54(28,75-42)76-49)45(57)52-38(69-40)13-32(61)47(72-52)23(19-58)8-37-46(64)29(55)16-53(73-37)17-30(56)48-41(74-53)12-31(60)43(20-59)70-48/h19,23-43,45-52,59-62,64H,1-18,20,55-57H2/t23?,24?,25?,26?,27-,28?,29+,30+,31?,32-,33?,34?,35?,36?,37+,38+,39-,40?,41?,42?,43?,45-,46+,47-,48?,49?,50+,51?,52-,53?,54?/m1/s1. The molecule has 13 heterocycles. The van der Waals surface area contributed by atoms with Gasteiger partial charge >= 0.3 is 5.97 Å². The molecule has 0 aromatic heterocycles. The number of fused-ring (bicyclic) bond motifs is 11. The number of ether oxygens (including phenoxy) is 12. The molecule has 11 N–H and O–H groups in total. The van der Waals surface area contributed by atoms with Crippen molar-refractivity contribution < 1.29 is 92.0 Å². The first-order valence-corrected chi connectivity index (χ1v) is 28.4. The molecule has 11 bridgehead atoms. The number of aldehydes is 1. The SMILES string of the molecule is C=C1CC2CC3[C@@H]4CC(CCC1O2)OC(CC1O[C@H]2C[C@@H](O)[C@@H](C(C=O)C[C@@H]5OC6(C[C@H](N)C7OC(CO)C(O)CC7O6)C[C@H](N)[C@@H]5O)O[C@H]2[C@H](N)C1OC(=O)CC1CCC2O[C@@H]5CC(OC36CC(O)C5O6)[C@H]2O1)C4=C. The van der Waals surface area contributed by atoms with Gasteiger partial charge in [-0.15, -0.1) is 0 Å². The zero-order valence-electron chi connectivity index (χ0n) is 42.9. The van der Waals surface area contributed by atoms with Crippen LogP contribution in [0.5, 0.6) is 0 Å². The van der Waals surface area contributed by atoms with E-state index in [-0.39, 0.29) is 94.2 Å². The number of aliphatic hydroxyl groups excluding tert-OH is 5. The van der Waals surface area contributed by atoms with E-state index in [1.54, 1.807) is 0 Å². The highest BCUT2D eigenvalue weighted by molar-refractivity contribution is 5.70. The van der Waals surface area contributed by atoms with Gasteiger partial charge in [0.05, 0.1) is 129 Å². The van der Waals surface area contributed by atoms with Crippen molar-refractivity contribution in [2.75, 3.05) is 6.61 Å². The van der Waals surface area contributed by atoms with E-state index in [4.69, 9.17) is 80.6 Å². The second-order valence-electron chi connectivity index (χ2n) is 24.9. The maximum absolute atomic E-state index is 14.4. The lowest BCUT2D eigenvalue weighted by Gasteiger charge is -2.55. The summed E-state index contributed by atoms with van der Waals surface area (Å²) < 4.78 is 80.8. The third-order valence-corrected chi connectivity index (χ3v) is 20.0. The van der Waals surface area contributed by atoms with Crippen molar-refractivity contribution in [2.45, 2.75) is 273 Å². The lowest BCUT2D eigenvalue weighted by atomic mass is 9.69. The van der Waals surface area contributed by atoms with Crippen LogP contribution < -0.4 is 17.2 Å². The summed E-state index contributed by atoms with van der Waals surface area (Å²) in [6.45, 7) is 8.81. The molecule has 424 valence electrons. The third kappa shape index (κ3) is 9.31. The van der Waals surface area contributed by atoms with Crippen molar-refractivity contribution in [1.82, 2.24) is 0 Å². The molecule has 22 heteroatoms. The van der Waals surface area contributed by atoms with Gasteiger partial charge in [-0.1, -0.05) is 13.2 Å². The minimum absolute atomic E-state index is 0.0100. The molecule has 13 aliphatic rings. The number of hydrogen-bond acceptors (Lipinski definition) is 22. The van der Waals surface area contributed by atoms with Gasteiger partial charge in [0, 0.05) is 68.9 Å². The molecule has 2 spiro atoms. The van der Waals surface area contributed by atoms with Crippen LogP contribution in [0.3, 0.4) is 0 Å². The summed E-state index contributed by atoms with van der Waals surface area (Å²) >= 11 is 0. The Morgan fingerprint density at radius 1 is 0.605 bits per heavy atom. The molecule has 76 heavy (non-hydrogen) atoms. The van der Waals surface area contributed by atoms with Crippen LogP contribution in [-0.4, -0.2) is 214 Å². The Labute approximate surface area is 441 Å². The van der Waals surface area contributed by atoms with E-state index in [0.717, 1.165) is 17.6 Å². The van der Waals surface area contributed by atoms with Gasteiger partial charge in [0.2, 0.25) is 0 Å². The summed E-state index contributed by atoms with van der Waals surface area (Å²) in [5, 5.41) is 55.8. The van der Waals surface area contributed by atoms with Gasteiger partial charge in [0.1, 0.15) is 36.8 Å². The Balaban J connectivity index is 0.779. The molecule has 13 rings (SSSR count). The monoisotopic (exact) mass is 1070 g/mol.